The average molecular weight is 294 g/mol. The van der Waals surface area contributed by atoms with Crippen molar-refractivity contribution < 1.29 is 24.5 Å². The minimum absolute atomic E-state index is 0.0879. The van der Waals surface area contributed by atoms with E-state index in [1.54, 1.807) is 0 Å². The van der Waals surface area contributed by atoms with E-state index in [2.05, 4.69) is 15.4 Å². The smallest absolute Gasteiger partial charge is 0.338 e. The van der Waals surface area contributed by atoms with Crippen LogP contribution in [0.25, 0.3) is 0 Å². The summed E-state index contributed by atoms with van der Waals surface area (Å²) >= 11 is 0. The van der Waals surface area contributed by atoms with Gasteiger partial charge in [0, 0.05) is 12.1 Å². The molecular formula is C14H18N2O5. The summed E-state index contributed by atoms with van der Waals surface area (Å²) in [6.07, 6.45) is -0.0640. The molecule has 1 aromatic rings. The van der Waals surface area contributed by atoms with E-state index >= 15 is 0 Å². The first-order chi connectivity index (χ1) is 10.0. The van der Waals surface area contributed by atoms with Gasteiger partial charge in [0.15, 0.2) is 0 Å². The van der Waals surface area contributed by atoms with Crippen LogP contribution in [-0.4, -0.2) is 54.4 Å². The molecule has 114 valence electrons. The van der Waals surface area contributed by atoms with Crippen LogP contribution < -0.4 is 10.6 Å². The lowest BCUT2D eigenvalue weighted by Gasteiger charge is -2.29. The van der Waals surface area contributed by atoms with Crippen LogP contribution in [0.15, 0.2) is 18.2 Å². The van der Waals surface area contributed by atoms with E-state index in [1.165, 1.54) is 25.3 Å². The van der Waals surface area contributed by atoms with Gasteiger partial charge in [0.25, 0.3) is 5.91 Å². The van der Waals surface area contributed by atoms with E-state index < -0.39 is 24.0 Å². The number of methoxy groups -OCH3 is 1. The Labute approximate surface area is 121 Å². The number of aliphatic hydroxyl groups excluding tert-OH is 1. The maximum atomic E-state index is 12.2. The summed E-state index contributed by atoms with van der Waals surface area (Å²) in [7, 11) is 1.22. The van der Waals surface area contributed by atoms with E-state index in [0.29, 0.717) is 19.5 Å². The van der Waals surface area contributed by atoms with Gasteiger partial charge in [0.2, 0.25) is 0 Å². The fourth-order valence-electron chi connectivity index (χ4n) is 2.22. The number of aromatic hydroxyl groups is 1. The Kier molecular flexibility index (Phi) is 4.77. The molecule has 0 unspecified atom stereocenters. The second-order valence-corrected chi connectivity index (χ2v) is 4.90. The molecule has 1 fully saturated rings. The van der Waals surface area contributed by atoms with Crippen molar-refractivity contribution in [3.05, 3.63) is 29.3 Å². The van der Waals surface area contributed by atoms with Crippen molar-refractivity contribution in [2.75, 3.05) is 20.2 Å². The SMILES string of the molecule is COC(=O)c1cc(O)cc(C(=O)N[C@H]2CNCC[C@H]2O)c1. The van der Waals surface area contributed by atoms with Crippen molar-refractivity contribution in [2.24, 2.45) is 0 Å². The van der Waals surface area contributed by atoms with Gasteiger partial charge in [-0.3, -0.25) is 4.79 Å². The molecule has 4 N–H and O–H groups in total. The standard InChI is InChI=1S/C14H18N2O5/c1-21-14(20)9-4-8(5-10(17)6-9)13(19)16-11-7-15-3-2-12(11)18/h4-6,11-12,15,17-18H,2-3,7H2,1H3,(H,16,19)/t11-,12+/m0/s1. The van der Waals surface area contributed by atoms with Gasteiger partial charge in [-0.2, -0.15) is 0 Å². The zero-order valence-electron chi connectivity index (χ0n) is 11.6. The number of piperidine rings is 1. The molecule has 2 atom stereocenters. The van der Waals surface area contributed by atoms with Gasteiger partial charge in [0.05, 0.1) is 24.8 Å². The quantitative estimate of drug-likeness (QED) is 0.567. The molecule has 7 heteroatoms. The summed E-state index contributed by atoms with van der Waals surface area (Å²) in [6.45, 7) is 1.17. The molecule has 0 bridgehead atoms. The highest BCUT2D eigenvalue weighted by atomic mass is 16.5. The van der Waals surface area contributed by atoms with Gasteiger partial charge in [0.1, 0.15) is 5.75 Å². The molecule has 7 nitrogen and oxygen atoms in total. The van der Waals surface area contributed by atoms with Crippen LogP contribution in [0.1, 0.15) is 27.1 Å². The van der Waals surface area contributed by atoms with Crippen LogP contribution in [0, 0.1) is 0 Å². The number of nitrogens with one attached hydrogen (secondary N) is 2. The molecule has 0 aliphatic carbocycles. The van der Waals surface area contributed by atoms with Crippen molar-refractivity contribution in [2.45, 2.75) is 18.6 Å². The van der Waals surface area contributed by atoms with Gasteiger partial charge >= 0.3 is 5.97 Å². The number of hydrogen-bond acceptors (Lipinski definition) is 6. The first-order valence-electron chi connectivity index (χ1n) is 6.63. The molecule has 1 amide bonds. The van der Waals surface area contributed by atoms with Crippen LogP contribution >= 0.6 is 0 Å². The number of phenolic OH excluding ortho intramolecular Hbond substituents is 1. The zero-order valence-corrected chi connectivity index (χ0v) is 11.6. The Morgan fingerprint density at radius 2 is 2.05 bits per heavy atom. The Morgan fingerprint density at radius 3 is 2.71 bits per heavy atom. The van der Waals surface area contributed by atoms with E-state index in [1.807, 2.05) is 0 Å². The minimum atomic E-state index is -0.640. The Morgan fingerprint density at radius 1 is 1.33 bits per heavy atom. The van der Waals surface area contributed by atoms with Crippen molar-refractivity contribution in [1.82, 2.24) is 10.6 Å². The normalized spacial score (nSPS) is 21.6. The number of carbonyl (C=O) groups excluding carboxylic acids is 2. The summed E-state index contributed by atoms with van der Waals surface area (Å²) in [6, 6.07) is 3.41. The Hall–Kier alpha value is -2.12. The lowest BCUT2D eigenvalue weighted by atomic mass is 10.0. The molecule has 0 saturated carbocycles. The van der Waals surface area contributed by atoms with Crippen LogP contribution in [0.5, 0.6) is 5.75 Å². The lowest BCUT2D eigenvalue weighted by molar-refractivity contribution is 0.0600. The van der Waals surface area contributed by atoms with Crippen molar-refractivity contribution in [3.63, 3.8) is 0 Å². The molecular weight excluding hydrogens is 276 g/mol. The molecule has 21 heavy (non-hydrogen) atoms. The maximum Gasteiger partial charge on any atom is 0.338 e. The number of benzene rings is 1. The van der Waals surface area contributed by atoms with Crippen LogP contribution in [0.4, 0.5) is 0 Å². The number of esters is 1. The van der Waals surface area contributed by atoms with E-state index in [0.717, 1.165) is 0 Å². The third kappa shape index (κ3) is 3.71. The third-order valence-corrected chi connectivity index (χ3v) is 3.36. The van der Waals surface area contributed by atoms with Crippen LogP contribution in [0.3, 0.4) is 0 Å². The fraction of sp³-hybridized carbons (Fsp3) is 0.429. The monoisotopic (exact) mass is 294 g/mol. The largest absolute Gasteiger partial charge is 0.508 e. The predicted molar refractivity (Wildman–Crippen MR) is 74.2 cm³/mol. The van der Waals surface area contributed by atoms with Gasteiger partial charge < -0.3 is 25.6 Å². The maximum absolute atomic E-state index is 12.2. The number of hydrogen-bond donors (Lipinski definition) is 4. The summed E-state index contributed by atoms with van der Waals surface area (Å²) in [5, 5.41) is 25.2. The van der Waals surface area contributed by atoms with Gasteiger partial charge in [-0.15, -0.1) is 0 Å². The molecule has 1 aliphatic heterocycles. The molecule has 0 radical (unpaired) electrons. The average Bonchev–Trinajstić information content (AvgIpc) is 2.48. The molecule has 1 heterocycles. The molecule has 0 spiro atoms. The molecule has 0 aromatic heterocycles. The second-order valence-electron chi connectivity index (χ2n) is 4.90. The molecule has 1 aliphatic rings. The summed E-state index contributed by atoms with van der Waals surface area (Å²) in [5.74, 6) is -1.31. The number of rotatable bonds is 3. The molecule has 2 rings (SSSR count). The fourth-order valence-corrected chi connectivity index (χ4v) is 2.22. The van der Waals surface area contributed by atoms with Gasteiger partial charge in [-0.05, 0) is 31.2 Å². The predicted octanol–water partition coefficient (Wildman–Crippen LogP) is -0.369. The van der Waals surface area contributed by atoms with Crippen LogP contribution in [0.2, 0.25) is 0 Å². The number of phenols is 1. The minimum Gasteiger partial charge on any atom is -0.508 e. The number of aliphatic hydroxyl groups is 1. The highest BCUT2D eigenvalue weighted by Gasteiger charge is 2.25. The van der Waals surface area contributed by atoms with Gasteiger partial charge in [-0.1, -0.05) is 0 Å². The number of carbonyl (C=O) groups is 2. The highest BCUT2D eigenvalue weighted by molar-refractivity contribution is 5.98. The summed E-state index contributed by atoms with van der Waals surface area (Å²) in [5.41, 5.74) is 0.221. The van der Waals surface area contributed by atoms with E-state index in [9.17, 15) is 19.8 Å². The summed E-state index contributed by atoms with van der Waals surface area (Å²) < 4.78 is 4.56. The summed E-state index contributed by atoms with van der Waals surface area (Å²) in [4.78, 5) is 23.6. The topological polar surface area (TPSA) is 108 Å². The Balaban J connectivity index is 2.15. The highest BCUT2D eigenvalue weighted by Crippen LogP contribution is 2.17. The third-order valence-electron chi connectivity index (χ3n) is 3.36. The number of ether oxygens (including phenoxy) is 1. The first-order valence-corrected chi connectivity index (χ1v) is 6.63. The Bertz CT molecular complexity index is 546. The van der Waals surface area contributed by atoms with Crippen molar-refractivity contribution in [3.8, 4) is 5.75 Å². The van der Waals surface area contributed by atoms with Crippen LogP contribution in [-0.2, 0) is 4.74 Å². The second kappa shape index (κ2) is 6.55. The van der Waals surface area contributed by atoms with E-state index in [4.69, 9.17) is 0 Å². The molecule has 1 aromatic carbocycles. The zero-order chi connectivity index (χ0) is 15.4. The van der Waals surface area contributed by atoms with E-state index in [-0.39, 0.29) is 16.9 Å². The first kappa shape index (κ1) is 15.3. The van der Waals surface area contributed by atoms with Crippen molar-refractivity contribution in [1.29, 1.82) is 0 Å². The lowest BCUT2D eigenvalue weighted by Crippen LogP contribution is -2.53. The van der Waals surface area contributed by atoms with Crippen molar-refractivity contribution >= 4 is 11.9 Å². The molecule has 1 saturated heterocycles. The number of amides is 1. The van der Waals surface area contributed by atoms with Gasteiger partial charge in [-0.25, -0.2) is 4.79 Å².